The fourth-order valence-corrected chi connectivity index (χ4v) is 3.27. The van der Waals surface area contributed by atoms with E-state index in [0.29, 0.717) is 12.3 Å². The van der Waals surface area contributed by atoms with E-state index in [4.69, 9.17) is 9.84 Å². The molecule has 1 saturated carbocycles. The van der Waals surface area contributed by atoms with Gasteiger partial charge in [0.1, 0.15) is 5.75 Å². The number of benzene rings is 1. The molecule has 1 heterocycles. The summed E-state index contributed by atoms with van der Waals surface area (Å²) in [6.07, 6.45) is 7.33. The van der Waals surface area contributed by atoms with Crippen LogP contribution in [0.25, 0.3) is 0 Å². The first-order chi connectivity index (χ1) is 9.24. The van der Waals surface area contributed by atoms with Crippen molar-refractivity contribution < 1.29 is 14.6 Å². The first kappa shape index (κ1) is 12.5. The summed E-state index contributed by atoms with van der Waals surface area (Å²) in [5.41, 5.74) is 2.59. The number of fused-ring (bicyclic) bond motifs is 1. The van der Waals surface area contributed by atoms with Gasteiger partial charge in [0.05, 0.1) is 0 Å². The third kappa shape index (κ3) is 2.60. The number of hydrogen-bond acceptors (Lipinski definition) is 2. The van der Waals surface area contributed by atoms with E-state index in [1.165, 1.54) is 43.2 Å². The highest BCUT2D eigenvalue weighted by Gasteiger charge is 2.26. The molecule has 1 aliphatic heterocycles. The number of ether oxygens (including phenoxy) is 1. The van der Waals surface area contributed by atoms with Crippen LogP contribution < -0.4 is 4.74 Å². The van der Waals surface area contributed by atoms with Gasteiger partial charge in [0.15, 0.2) is 6.10 Å². The van der Waals surface area contributed by atoms with Crippen LogP contribution in [0.4, 0.5) is 0 Å². The average Bonchev–Trinajstić information content (AvgIpc) is 2.47. The quantitative estimate of drug-likeness (QED) is 0.885. The van der Waals surface area contributed by atoms with E-state index in [1.54, 1.807) is 0 Å². The van der Waals surface area contributed by atoms with Crippen molar-refractivity contribution in [2.24, 2.45) is 0 Å². The van der Waals surface area contributed by atoms with E-state index in [0.717, 1.165) is 12.2 Å². The van der Waals surface area contributed by atoms with Crippen molar-refractivity contribution >= 4 is 5.97 Å². The highest BCUT2D eigenvalue weighted by Crippen LogP contribution is 2.36. The van der Waals surface area contributed by atoms with E-state index in [-0.39, 0.29) is 0 Å². The third-order valence-electron chi connectivity index (χ3n) is 4.38. The van der Waals surface area contributed by atoms with E-state index >= 15 is 0 Å². The summed E-state index contributed by atoms with van der Waals surface area (Å²) in [7, 11) is 0. The largest absolute Gasteiger partial charge is 0.479 e. The molecule has 0 saturated heterocycles. The SMILES string of the molecule is O=C(O)[C@H]1CCc2cc(C3CCCCC3)ccc2O1. The molecular weight excluding hydrogens is 240 g/mol. The highest BCUT2D eigenvalue weighted by atomic mass is 16.5. The van der Waals surface area contributed by atoms with Crippen LogP contribution in [0.3, 0.4) is 0 Å². The molecule has 0 amide bonds. The molecule has 0 unspecified atom stereocenters. The number of aryl methyl sites for hydroxylation is 1. The predicted octanol–water partition coefficient (Wildman–Crippen LogP) is 3.51. The second-order valence-corrected chi connectivity index (χ2v) is 5.69. The van der Waals surface area contributed by atoms with E-state index in [9.17, 15) is 4.79 Å². The molecule has 2 aliphatic rings. The lowest BCUT2D eigenvalue weighted by Crippen LogP contribution is -2.30. The van der Waals surface area contributed by atoms with Crippen molar-refractivity contribution in [3.8, 4) is 5.75 Å². The maximum Gasteiger partial charge on any atom is 0.344 e. The van der Waals surface area contributed by atoms with Gasteiger partial charge in [0.25, 0.3) is 0 Å². The van der Waals surface area contributed by atoms with Crippen molar-refractivity contribution in [3.05, 3.63) is 29.3 Å². The zero-order valence-electron chi connectivity index (χ0n) is 11.1. The van der Waals surface area contributed by atoms with Gasteiger partial charge in [0.2, 0.25) is 0 Å². The standard InChI is InChI=1S/C16H20O3/c17-16(18)15-9-7-13-10-12(6-8-14(13)19-15)11-4-2-1-3-5-11/h6,8,10-11,15H,1-5,7,9H2,(H,17,18)/t15-/m1/s1. The van der Waals surface area contributed by atoms with Crippen molar-refractivity contribution in [2.75, 3.05) is 0 Å². The molecule has 19 heavy (non-hydrogen) atoms. The van der Waals surface area contributed by atoms with Gasteiger partial charge in [-0.3, -0.25) is 0 Å². The molecule has 1 N–H and O–H groups in total. The number of carbonyl (C=O) groups is 1. The Hall–Kier alpha value is -1.51. The normalized spacial score (nSPS) is 23.5. The number of aliphatic carboxylic acids is 1. The zero-order valence-corrected chi connectivity index (χ0v) is 11.1. The summed E-state index contributed by atoms with van der Waals surface area (Å²) in [6.45, 7) is 0. The minimum atomic E-state index is -0.859. The number of rotatable bonds is 2. The molecular formula is C16H20O3. The summed E-state index contributed by atoms with van der Waals surface area (Å²) in [6, 6.07) is 6.33. The summed E-state index contributed by atoms with van der Waals surface area (Å²) >= 11 is 0. The molecule has 1 aliphatic carbocycles. The Kier molecular flexibility index (Phi) is 3.45. The molecule has 3 rings (SSSR count). The Balaban J connectivity index is 1.79. The molecule has 102 valence electrons. The molecule has 0 bridgehead atoms. The molecule has 0 aromatic heterocycles. The van der Waals surface area contributed by atoms with Crippen molar-refractivity contribution in [2.45, 2.75) is 57.0 Å². The molecule has 1 atom stereocenters. The van der Waals surface area contributed by atoms with E-state index in [1.807, 2.05) is 6.07 Å². The summed E-state index contributed by atoms with van der Waals surface area (Å²) in [4.78, 5) is 11.0. The maximum absolute atomic E-state index is 11.0. The van der Waals surface area contributed by atoms with Gasteiger partial charge in [-0.25, -0.2) is 4.79 Å². The monoisotopic (exact) mass is 260 g/mol. The molecule has 1 fully saturated rings. The Morgan fingerprint density at radius 2 is 1.95 bits per heavy atom. The van der Waals surface area contributed by atoms with Crippen molar-refractivity contribution in [1.82, 2.24) is 0 Å². The van der Waals surface area contributed by atoms with Crippen LogP contribution in [0, 0.1) is 0 Å². The number of carboxylic acids is 1. The maximum atomic E-state index is 11.0. The van der Waals surface area contributed by atoms with Crippen LogP contribution in [-0.2, 0) is 11.2 Å². The van der Waals surface area contributed by atoms with Crippen LogP contribution in [0.2, 0.25) is 0 Å². The Bertz CT molecular complexity index is 475. The van der Waals surface area contributed by atoms with Crippen LogP contribution in [0.5, 0.6) is 5.75 Å². The molecule has 1 aromatic rings. The summed E-state index contributed by atoms with van der Waals surface area (Å²) in [5.74, 6) is 0.594. The first-order valence-electron chi connectivity index (χ1n) is 7.26. The Morgan fingerprint density at radius 1 is 1.16 bits per heavy atom. The fourth-order valence-electron chi connectivity index (χ4n) is 3.27. The highest BCUT2D eigenvalue weighted by molar-refractivity contribution is 5.73. The molecule has 3 nitrogen and oxygen atoms in total. The zero-order chi connectivity index (χ0) is 13.2. The fraction of sp³-hybridized carbons (Fsp3) is 0.562. The van der Waals surface area contributed by atoms with Gasteiger partial charge >= 0.3 is 5.97 Å². The molecule has 0 spiro atoms. The van der Waals surface area contributed by atoms with Crippen LogP contribution in [-0.4, -0.2) is 17.2 Å². The lowest BCUT2D eigenvalue weighted by Gasteiger charge is -2.26. The van der Waals surface area contributed by atoms with Gasteiger partial charge in [-0.2, -0.15) is 0 Å². The predicted molar refractivity (Wildman–Crippen MR) is 72.6 cm³/mol. The second-order valence-electron chi connectivity index (χ2n) is 5.69. The summed E-state index contributed by atoms with van der Waals surface area (Å²) in [5, 5.41) is 9.00. The van der Waals surface area contributed by atoms with Gasteiger partial charge in [-0.15, -0.1) is 0 Å². The van der Waals surface area contributed by atoms with Crippen LogP contribution in [0.1, 0.15) is 55.6 Å². The van der Waals surface area contributed by atoms with E-state index < -0.39 is 12.1 Å². The van der Waals surface area contributed by atoms with E-state index in [2.05, 4.69) is 12.1 Å². The Labute approximate surface area is 113 Å². The van der Waals surface area contributed by atoms with Gasteiger partial charge in [0, 0.05) is 0 Å². The Morgan fingerprint density at radius 3 is 2.68 bits per heavy atom. The first-order valence-corrected chi connectivity index (χ1v) is 7.26. The number of carboxylic acid groups (broad SMARTS) is 1. The molecule has 1 aromatic carbocycles. The lowest BCUT2D eigenvalue weighted by molar-refractivity contribution is -0.145. The van der Waals surface area contributed by atoms with Gasteiger partial charge < -0.3 is 9.84 Å². The summed E-state index contributed by atoms with van der Waals surface area (Å²) < 4.78 is 5.54. The molecule has 3 heteroatoms. The number of hydrogen-bond donors (Lipinski definition) is 1. The minimum absolute atomic E-state index is 0.580. The minimum Gasteiger partial charge on any atom is -0.479 e. The van der Waals surface area contributed by atoms with Crippen molar-refractivity contribution in [1.29, 1.82) is 0 Å². The lowest BCUT2D eigenvalue weighted by atomic mass is 9.83. The van der Waals surface area contributed by atoms with Gasteiger partial charge in [-0.1, -0.05) is 31.4 Å². The second kappa shape index (κ2) is 5.24. The molecule has 0 radical (unpaired) electrons. The van der Waals surface area contributed by atoms with Crippen LogP contribution >= 0.6 is 0 Å². The third-order valence-corrected chi connectivity index (χ3v) is 4.38. The van der Waals surface area contributed by atoms with Crippen molar-refractivity contribution in [3.63, 3.8) is 0 Å². The van der Waals surface area contributed by atoms with Gasteiger partial charge in [-0.05, 0) is 48.8 Å². The average molecular weight is 260 g/mol. The smallest absolute Gasteiger partial charge is 0.344 e. The topological polar surface area (TPSA) is 46.5 Å². The van der Waals surface area contributed by atoms with Crippen LogP contribution in [0.15, 0.2) is 18.2 Å².